The average molecular weight is 639 g/mol. The summed E-state index contributed by atoms with van der Waals surface area (Å²) < 4.78 is 53.5. The minimum atomic E-state index is -4.39. The third-order valence-electron chi connectivity index (χ3n) is 10.6. The molecule has 2 fully saturated rings. The normalized spacial score (nSPS) is 27.9. The largest absolute Gasteiger partial charge is 0.416 e. The predicted molar refractivity (Wildman–Crippen MR) is 182 cm³/mol. The van der Waals surface area contributed by atoms with Crippen LogP contribution in [0.5, 0.6) is 0 Å². The second kappa shape index (κ2) is 14.7. The summed E-state index contributed by atoms with van der Waals surface area (Å²) in [6.07, 6.45) is 1.41. The Hall–Kier alpha value is -2.20. The van der Waals surface area contributed by atoms with Gasteiger partial charge in [-0.1, -0.05) is 88.4 Å². The molecule has 244 valence electrons. The van der Waals surface area contributed by atoms with Gasteiger partial charge in [0, 0.05) is 19.9 Å². The van der Waals surface area contributed by atoms with Gasteiger partial charge in [0.1, 0.15) is 0 Å². The van der Waals surface area contributed by atoms with Gasteiger partial charge in [0.15, 0.2) is 0 Å². The van der Waals surface area contributed by atoms with Gasteiger partial charge in [-0.15, -0.1) is 8.58 Å². The second-order valence-electron chi connectivity index (χ2n) is 13.9. The summed E-state index contributed by atoms with van der Waals surface area (Å²) in [5, 5.41) is 0. The number of halogens is 3. The maximum atomic E-state index is 13.9. The lowest BCUT2D eigenvalue weighted by molar-refractivity contribution is -0.137. The summed E-state index contributed by atoms with van der Waals surface area (Å²) >= 11 is 0. The van der Waals surface area contributed by atoms with Crippen LogP contribution >= 0.6 is 8.58 Å². The molecule has 0 radical (unpaired) electrons. The van der Waals surface area contributed by atoms with Crippen LogP contribution in [0.4, 0.5) is 13.2 Å². The van der Waals surface area contributed by atoms with Crippen molar-refractivity contribution in [1.29, 1.82) is 0 Å². The van der Waals surface area contributed by atoms with Crippen molar-refractivity contribution in [1.82, 2.24) is 0 Å². The first-order valence-electron chi connectivity index (χ1n) is 16.7. The molecule has 2 aliphatic carbocycles. The molecule has 0 amide bonds. The summed E-state index contributed by atoms with van der Waals surface area (Å²) in [7, 11) is 4.50. The van der Waals surface area contributed by atoms with Crippen LogP contribution in [-0.4, -0.2) is 37.7 Å². The van der Waals surface area contributed by atoms with Crippen molar-refractivity contribution in [2.75, 3.05) is 14.2 Å². The van der Waals surface area contributed by atoms with Crippen molar-refractivity contribution in [3.05, 3.63) is 83.9 Å². The number of benzene rings is 3. The fraction of sp³-hybridized carbons (Fsp3) is 0.538. The molecule has 0 heterocycles. The molecule has 3 aromatic rings. The van der Waals surface area contributed by atoms with Gasteiger partial charge >= 0.3 is 6.18 Å². The maximum absolute atomic E-state index is 13.9. The Morgan fingerprint density at radius 1 is 0.711 bits per heavy atom. The Bertz CT molecular complexity index is 1370. The molecule has 0 aromatic heterocycles. The Morgan fingerprint density at radius 3 is 1.89 bits per heavy atom. The van der Waals surface area contributed by atoms with Gasteiger partial charge in [-0.2, -0.15) is 13.2 Å². The molecule has 6 atom stereocenters. The van der Waals surface area contributed by atoms with Gasteiger partial charge in [-0.25, -0.2) is 0 Å². The Balaban J connectivity index is 1.59. The standard InChI is InChI=1S/C39H50F3O2P/c1-24(2)33-21-28(22-34(25(3)4)38(33)45-36-23-30(43-5)18-19-35(36)44-6)37-31(26-12-8-7-9-13-26)16-11-17-32(37)27-14-10-15-29(20-27)39(40,41)42/h7-17,20,24-25,28,30,33-36,38,45H,18-19,21-23H2,1-6H3. The highest BCUT2D eigenvalue weighted by molar-refractivity contribution is 7.40. The SMILES string of the molecule is COC1CCC(OC)C(PC2C(C(C)C)CC(c3c(-c4ccccc4)cccc3-c3cccc(C(F)(F)F)c3)CC2C(C)C)C1. The number of ether oxygens (including phenoxy) is 2. The van der Waals surface area contributed by atoms with Gasteiger partial charge in [0.05, 0.1) is 17.8 Å². The van der Waals surface area contributed by atoms with E-state index in [1.807, 2.05) is 50.6 Å². The van der Waals surface area contributed by atoms with Crippen LogP contribution in [-0.2, 0) is 15.7 Å². The molecule has 2 nitrogen and oxygen atoms in total. The third kappa shape index (κ3) is 7.69. The quantitative estimate of drug-likeness (QED) is 0.217. The summed E-state index contributed by atoms with van der Waals surface area (Å²) in [4.78, 5) is 0. The van der Waals surface area contributed by atoms with Crippen LogP contribution in [0.1, 0.15) is 76.8 Å². The first-order chi connectivity index (χ1) is 21.5. The first-order valence-corrected chi connectivity index (χ1v) is 17.8. The predicted octanol–water partition coefficient (Wildman–Crippen LogP) is 11.1. The van der Waals surface area contributed by atoms with Gasteiger partial charge in [-0.05, 0) is 107 Å². The number of methoxy groups -OCH3 is 2. The average Bonchev–Trinajstić information content (AvgIpc) is 3.04. The Kier molecular flexibility index (Phi) is 11.2. The molecule has 0 aliphatic heterocycles. The Labute approximate surface area is 270 Å². The molecule has 6 unspecified atom stereocenters. The van der Waals surface area contributed by atoms with E-state index >= 15 is 0 Å². The van der Waals surface area contributed by atoms with E-state index in [4.69, 9.17) is 9.47 Å². The van der Waals surface area contributed by atoms with E-state index in [9.17, 15) is 13.2 Å². The highest BCUT2D eigenvalue weighted by Gasteiger charge is 2.44. The van der Waals surface area contributed by atoms with Gasteiger partial charge in [-0.3, -0.25) is 0 Å². The van der Waals surface area contributed by atoms with Gasteiger partial charge < -0.3 is 9.47 Å². The highest BCUT2D eigenvalue weighted by Crippen LogP contribution is 2.56. The minimum Gasteiger partial charge on any atom is -0.381 e. The van der Waals surface area contributed by atoms with Crippen LogP contribution in [0, 0.1) is 23.7 Å². The number of hydrogen-bond donors (Lipinski definition) is 0. The molecule has 0 saturated heterocycles. The lowest BCUT2D eigenvalue weighted by atomic mass is 9.64. The molecule has 0 bridgehead atoms. The molecule has 0 N–H and O–H groups in total. The summed E-state index contributed by atoms with van der Waals surface area (Å²) in [5.41, 5.74) is 5.49. The molecule has 5 rings (SSSR count). The molecule has 0 spiro atoms. The summed E-state index contributed by atoms with van der Waals surface area (Å²) in [5.74, 6) is 2.25. The zero-order valence-electron chi connectivity index (χ0n) is 27.6. The van der Waals surface area contributed by atoms with Crippen molar-refractivity contribution in [2.24, 2.45) is 23.7 Å². The number of hydrogen-bond acceptors (Lipinski definition) is 2. The lowest BCUT2D eigenvalue weighted by Crippen LogP contribution is -2.43. The molecule has 6 heteroatoms. The van der Waals surface area contributed by atoms with E-state index in [0.29, 0.717) is 46.7 Å². The van der Waals surface area contributed by atoms with Crippen LogP contribution in [0.2, 0.25) is 0 Å². The second-order valence-corrected chi connectivity index (χ2v) is 15.7. The van der Waals surface area contributed by atoms with Crippen molar-refractivity contribution in [3.8, 4) is 22.3 Å². The zero-order chi connectivity index (χ0) is 32.3. The fourth-order valence-electron chi connectivity index (χ4n) is 8.23. The zero-order valence-corrected chi connectivity index (χ0v) is 28.6. The molecule has 3 aromatic carbocycles. The van der Waals surface area contributed by atoms with E-state index in [1.165, 1.54) is 17.7 Å². The van der Waals surface area contributed by atoms with Crippen molar-refractivity contribution < 1.29 is 22.6 Å². The fourth-order valence-corrected chi connectivity index (χ4v) is 11.2. The number of alkyl halides is 3. The highest BCUT2D eigenvalue weighted by atomic mass is 31.1. The maximum Gasteiger partial charge on any atom is 0.416 e. The van der Waals surface area contributed by atoms with Crippen LogP contribution in [0.3, 0.4) is 0 Å². The molecular weight excluding hydrogens is 588 g/mol. The third-order valence-corrected chi connectivity index (χ3v) is 12.9. The number of rotatable bonds is 9. The first kappa shape index (κ1) is 34.1. The Morgan fingerprint density at radius 2 is 1.31 bits per heavy atom. The van der Waals surface area contributed by atoms with Crippen LogP contribution in [0.25, 0.3) is 22.3 Å². The molecular formula is C39H50F3O2P. The molecule has 45 heavy (non-hydrogen) atoms. The van der Waals surface area contributed by atoms with E-state index in [1.54, 1.807) is 6.07 Å². The smallest absolute Gasteiger partial charge is 0.381 e. The van der Waals surface area contributed by atoms with Crippen LogP contribution < -0.4 is 0 Å². The van der Waals surface area contributed by atoms with Gasteiger partial charge in [0.25, 0.3) is 0 Å². The van der Waals surface area contributed by atoms with Crippen LogP contribution in [0.15, 0.2) is 72.8 Å². The minimum absolute atomic E-state index is 0.239. The van der Waals surface area contributed by atoms with E-state index < -0.39 is 11.7 Å². The summed E-state index contributed by atoms with van der Waals surface area (Å²) in [6, 6.07) is 22.5. The van der Waals surface area contributed by atoms with E-state index in [0.717, 1.165) is 57.4 Å². The summed E-state index contributed by atoms with van der Waals surface area (Å²) in [6.45, 7) is 9.47. The molecule has 2 saturated carbocycles. The monoisotopic (exact) mass is 638 g/mol. The van der Waals surface area contributed by atoms with Crippen molar-refractivity contribution >= 4 is 8.58 Å². The van der Waals surface area contributed by atoms with Crippen molar-refractivity contribution in [2.45, 2.75) is 95.4 Å². The van der Waals surface area contributed by atoms with E-state index in [2.05, 4.69) is 45.9 Å². The van der Waals surface area contributed by atoms with E-state index in [-0.39, 0.29) is 12.0 Å². The van der Waals surface area contributed by atoms with Gasteiger partial charge in [0.2, 0.25) is 0 Å². The topological polar surface area (TPSA) is 18.5 Å². The lowest BCUT2D eigenvalue weighted by Gasteiger charge is -2.49. The van der Waals surface area contributed by atoms with Crippen molar-refractivity contribution in [3.63, 3.8) is 0 Å². The molecule has 2 aliphatic rings.